The van der Waals surface area contributed by atoms with Crippen LogP contribution in [-0.4, -0.2) is 43.4 Å². The van der Waals surface area contributed by atoms with Gasteiger partial charge in [0.25, 0.3) is 0 Å². The summed E-state index contributed by atoms with van der Waals surface area (Å²) in [6.07, 6.45) is 0.733. The SMILES string of the molecule is COc1ccc(C(CC(=O)O)NC(=O)C2CCC(C)O2)cc1OC. The van der Waals surface area contributed by atoms with Crippen LogP contribution < -0.4 is 14.8 Å². The van der Waals surface area contributed by atoms with Crippen molar-refractivity contribution in [1.82, 2.24) is 5.32 Å². The average Bonchev–Trinajstić information content (AvgIpc) is 2.99. The number of aliphatic carboxylic acids is 1. The molecular weight excluding hydrogens is 314 g/mol. The molecule has 1 saturated heterocycles. The van der Waals surface area contributed by atoms with Crippen LogP contribution >= 0.6 is 0 Å². The van der Waals surface area contributed by atoms with Gasteiger partial charge in [-0.25, -0.2) is 0 Å². The maximum Gasteiger partial charge on any atom is 0.305 e. The number of carbonyl (C=O) groups is 2. The number of hydrogen-bond acceptors (Lipinski definition) is 5. The van der Waals surface area contributed by atoms with Crippen molar-refractivity contribution in [2.75, 3.05) is 14.2 Å². The van der Waals surface area contributed by atoms with E-state index in [0.29, 0.717) is 23.5 Å². The lowest BCUT2D eigenvalue weighted by Crippen LogP contribution is -2.38. The molecule has 0 radical (unpaired) electrons. The fraction of sp³-hybridized carbons (Fsp3) is 0.529. The van der Waals surface area contributed by atoms with E-state index in [4.69, 9.17) is 19.3 Å². The zero-order valence-corrected chi connectivity index (χ0v) is 14.1. The van der Waals surface area contributed by atoms with Gasteiger partial charge in [0.15, 0.2) is 11.5 Å². The molecule has 0 saturated carbocycles. The maximum absolute atomic E-state index is 12.3. The second kappa shape index (κ2) is 8.01. The summed E-state index contributed by atoms with van der Waals surface area (Å²) < 4.78 is 16.0. The smallest absolute Gasteiger partial charge is 0.305 e. The first-order chi connectivity index (χ1) is 11.4. The normalized spacial score (nSPS) is 21.1. The molecule has 1 aromatic carbocycles. The van der Waals surface area contributed by atoms with Crippen LogP contribution in [0.4, 0.5) is 0 Å². The van der Waals surface area contributed by atoms with E-state index in [1.54, 1.807) is 18.2 Å². The minimum atomic E-state index is -1.00. The molecule has 2 rings (SSSR count). The summed E-state index contributed by atoms with van der Waals surface area (Å²) in [5.74, 6) is -0.281. The Bertz CT molecular complexity index is 603. The quantitative estimate of drug-likeness (QED) is 0.789. The van der Waals surface area contributed by atoms with Gasteiger partial charge in [-0.3, -0.25) is 9.59 Å². The van der Waals surface area contributed by atoms with Gasteiger partial charge in [-0.15, -0.1) is 0 Å². The van der Waals surface area contributed by atoms with Crippen molar-refractivity contribution in [3.8, 4) is 11.5 Å². The van der Waals surface area contributed by atoms with Crippen molar-refractivity contribution in [2.45, 2.75) is 44.4 Å². The van der Waals surface area contributed by atoms with Crippen LogP contribution in [-0.2, 0) is 14.3 Å². The fourth-order valence-corrected chi connectivity index (χ4v) is 2.76. The summed E-state index contributed by atoms with van der Waals surface area (Å²) in [5, 5.41) is 11.9. The Morgan fingerprint density at radius 1 is 1.29 bits per heavy atom. The van der Waals surface area contributed by atoms with E-state index in [1.807, 2.05) is 6.92 Å². The Kier molecular flexibility index (Phi) is 6.03. The van der Waals surface area contributed by atoms with Gasteiger partial charge in [-0.05, 0) is 37.5 Å². The van der Waals surface area contributed by atoms with Gasteiger partial charge >= 0.3 is 5.97 Å². The Hall–Kier alpha value is -2.28. The van der Waals surface area contributed by atoms with Gasteiger partial charge in [0.1, 0.15) is 6.10 Å². The largest absolute Gasteiger partial charge is 0.493 e. The van der Waals surface area contributed by atoms with Crippen molar-refractivity contribution in [3.63, 3.8) is 0 Å². The zero-order valence-electron chi connectivity index (χ0n) is 14.1. The standard InChI is InChI=1S/C17H23NO6/c1-10-4-6-14(24-10)17(21)18-12(9-16(19)20)11-5-7-13(22-2)15(8-11)23-3/h5,7-8,10,12,14H,4,6,9H2,1-3H3,(H,18,21)(H,19,20). The fourth-order valence-electron chi connectivity index (χ4n) is 2.76. The monoisotopic (exact) mass is 337 g/mol. The Balaban J connectivity index is 2.18. The molecule has 7 heteroatoms. The molecule has 0 aromatic heterocycles. The molecular formula is C17H23NO6. The summed E-state index contributed by atoms with van der Waals surface area (Å²) in [4.78, 5) is 23.5. The van der Waals surface area contributed by atoms with E-state index in [-0.39, 0.29) is 18.4 Å². The zero-order chi connectivity index (χ0) is 17.7. The number of hydrogen-bond donors (Lipinski definition) is 2. The summed E-state index contributed by atoms with van der Waals surface area (Å²) in [6.45, 7) is 1.91. The van der Waals surface area contributed by atoms with Gasteiger partial charge < -0.3 is 24.6 Å². The number of carboxylic acid groups (broad SMARTS) is 1. The molecule has 1 aliphatic rings. The van der Waals surface area contributed by atoms with Crippen LogP contribution in [0.5, 0.6) is 11.5 Å². The maximum atomic E-state index is 12.3. The van der Waals surface area contributed by atoms with E-state index in [0.717, 1.165) is 6.42 Å². The van der Waals surface area contributed by atoms with Crippen molar-refractivity contribution < 1.29 is 28.9 Å². The second-order valence-electron chi connectivity index (χ2n) is 5.79. The van der Waals surface area contributed by atoms with E-state index in [2.05, 4.69) is 5.32 Å². The first kappa shape index (κ1) is 18.1. The van der Waals surface area contributed by atoms with Gasteiger partial charge in [0.05, 0.1) is 32.8 Å². The predicted octanol–water partition coefficient (Wildman–Crippen LogP) is 1.90. The van der Waals surface area contributed by atoms with Gasteiger partial charge in [0.2, 0.25) is 5.91 Å². The number of amides is 1. The Morgan fingerprint density at radius 2 is 2.00 bits per heavy atom. The van der Waals surface area contributed by atoms with E-state index in [1.165, 1.54) is 14.2 Å². The molecule has 1 heterocycles. The van der Waals surface area contributed by atoms with Crippen molar-refractivity contribution in [2.24, 2.45) is 0 Å². The molecule has 2 N–H and O–H groups in total. The lowest BCUT2D eigenvalue weighted by atomic mass is 10.0. The molecule has 24 heavy (non-hydrogen) atoms. The molecule has 1 amide bonds. The first-order valence-electron chi connectivity index (χ1n) is 7.84. The highest BCUT2D eigenvalue weighted by molar-refractivity contribution is 5.82. The molecule has 0 aliphatic carbocycles. The van der Waals surface area contributed by atoms with E-state index in [9.17, 15) is 9.59 Å². The van der Waals surface area contributed by atoms with Gasteiger partial charge in [-0.2, -0.15) is 0 Å². The lowest BCUT2D eigenvalue weighted by Gasteiger charge is -2.21. The van der Waals surface area contributed by atoms with Crippen LogP contribution in [0.3, 0.4) is 0 Å². The van der Waals surface area contributed by atoms with Crippen molar-refractivity contribution in [1.29, 1.82) is 0 Å². The van der Waals surface area contributed by atoms with E-state index < -0.39 is 18.1 Å². The number of carboxylic acids is 1. The number of nitrogens with one attached hydrogen (secondary N) is 1. The van der Waals surface area contributed by atoms with Gasteiger partial charge in [0, 0.05) is 0 Å². The highest BCUT2D eigenvalue weighted by atomic mass is 16.5. The van der Waals surface area contributed by atoms with E-state index >= 15 is 0 Å². The number of methoxy groups -OCH3 is 2. The summed E-state index contributed by atoms with van der Waals surface area (Å²) in [5.41, 5.74) is 0.634. The minimum Gasteiger partial charge on any atom is -0.493 e. The summed E-state index contributed by atoms with van der Waals surface area (Å²) in [6, 6.07) is 4.40. The third-order valence-corrected chi connectivity index (χ3v) is 4.03. The number of benzene rings is 1. The Labute approximate surface area is 140 Å². The molecule has 1 aliphatic heterocycles. The third kappa shape index (κ3) is 4.38. The predicted molar refractivity (Wildman–Crippen MR) is 86.3 cm³/mol. The molecule has 3 atom stereocenters. The number of carbonyl (C=O) groups excluding carboxylic acids is 1. The van der Waals surface area contributed by atoms with Crippen LogP contribution in [0.25, 0.3) is 0 Å². The summed E-state index contributed by atoms with van der Waals surface area (Å²) >= 11 is 0. The van der Waals surface area contributed by atoms with Crippen molar-refractivity contribution in [3.05, 3.63) is 23.8 Å². The topological polar surface area (TPSA) is 94.1 Å². The third-order valence-electron chi connectivity index (χ3n) is 4.03. The Morgan fingerprint density at radius 3 is 2.54 bits per heavy atom. The highest BCUT2D eigenvalue weighted by Gasteiger charge is 2.30. The average molecular weight is 337 g/mol. The molecule has 1 fully saturated rings. The molecule has 0 spiro atoms. The molecule has 132 valence electrons. The minimum absolute atomic E-state index is 0.0414. The molecule has 3 unspecified atom stereocenters. The van der Waals surface area contributed by atoms with Gasteiger partial charge in [-0.1, -0.05) is 6.07 Å². The number of rotatable bonds is 7. The lowest BCUT2D eigenvalue weighted by molar-refractivity contribution is -0.138. The van der Waals surface area contributed by atoms with Crippen LogP contribution in [0.2, 0.25) is 0 Å². The van der Waals surface area contributed by atoms with Crippen LogP contribution in [0.1, 0.15) is 37.8 Å². The molecule has 0 bridgehead atoms. The highest BCUT2D eigenvalue weighted by Crippen LogP contribution is 2.31. The summed E-state index contributed by atoms with van der Waals surface area (Å²) in [7, 11) is 3.02. The van der Waals surface area contributed by atoms with Crippen LogP contribution in [0.15, 0.2) is 18.2 Å². The first-order valence-corrected chi connectivity index (χ1v) is 7.84. The number of ether oxygens (including phenoxy) is 3. The van der Waals surface area contributed by atoms with Crippen LogP contribution in [0, 0.1) is 0 Å². The molecule has 1 aromatic rings. The second-order valence-corrected chi connectivity index (χ2v) is 5.79. The molecule has 7 nitrogen and oxygen atoms in total. The van der Waals surface area contributed by atoms with Crippen molar-refractivity contribution >= 4 is 11.9 Å².